The molecule has 2 unspecified atom stereocenters. The number of hydrogen-bond donors (Lipinski definition) is 2. The normalized spacial score (nSPS) is 26.2. The first-order valence-electron chi connectivity index (χ1n) is 5.81. The smallest absolute Gasteiger partial charge is 0.115 e. The van der Waals surface area contributed by atoms with Crippen molar-refractivity contribution in [2.45, 2.75) is 38.6 Å². The second-order valence-electron chi connectivity index (χ2n) is 4.56. The third-order valence-corrected chi connectivity index (χ3v) is 3.33. The van der Waals surface area contributed by atoms with Crippen LogP contribution in [-0.2, 0) is 0 Å². The molecule has 2 rings (SSSR count). The Balaban J connectivity index is 1.98. The molecule has 2 heteroatoms. The highest BCUT2D eigenvalue weighted by molar-refractivity contribution is 5.46. The predicted octanol–water partition coefficient (Wildman–Crippen LogP) is 3.38. The molecule has 0 saturated heterocycles. The summed E-state index contributed by atoms with van der Waals surface area (Å²) >= 11 is 0. The second-order valence-corrected chi connectivity index (χ2v) is 4.56. The van der Waals surface area contributed by atoms with Gasteiger partial charge < -0.3 is 10.4 Å². The Bertz CT molecular complexity index is 307. The van der Waals surface area contributed by atoms with Gasteiger partial charge >= 0.3 is 0 Å². The van der Waals surface area contributed by atoms with Crippen LogP contribution in [0.3, 0.4) is 0 Å². The zero-order valence-electron chi connectivity index (χ0n) is 9.24. The van der Waals surface area contributed by atoms with Gasteiger partial charge in [-0.05, 0) is 43.0 Å². The van der Waals surface area contributed by atoms with Crippen molar-refractivity contribution in [3.63, 3.8) is 0 Å². The van der Waals surface area contributed by atoms with E-state index in [1.165, 1.54) is 25.7 Å². The molecular weight excluding hydrogens is 186 g/mol. The van der Waals surface area contributed by atoms with E-state index in [1.54, 1.807) is 12.1 Å². The molecule has 1 fully saturated rings. The van der Waals surface area contributed by atoms with Gasteiger partial charge in [-0.15, -0.1) is 0 Å². The molecule has 1 aromatic rings. The number of phenolic OH excluding ortho intramolecular Hbond substituents is 1. The Morgan fingerprint density at radius 3 is 2.47 bits per heavy atom. The monoisotopic (exact) mass is 205 g/mol. The number of benzene rings is 1. The summed E-state index contributed by atoms with van der Waals surface area (Å²) < 4.78 is 0. The minimum absolute atomic E-state index is 0.331. The highest BCUT2D eigenvalue weighted by Gasteiger charge is 2.20. The average Bonchev–Trinajstić information content (AvgIpc) is 2.25. The van der Waals surface area contributed by atoms with Gasteiger partial charge in [0, 0.05) is 11.7 Å². The van der Waals surface area contributed by atoms with Gasteiger partial charge in [0.1, 0.15) is 5.75 Å². The van der Waals surface area contributed by atoms with Gasteiger partial charge in [0.05, 0.1) is 0 Å². The Morgan fingerprint density at radius 1 is 1.13 bits per heavy atom. The molecule has 15 heavy (non-hydrogen) atoms. The Labute approximate surface area is 91.3 Å². The molecule has 0 heterocycles. The molecule has 0 spiro atoms. The van der Waals surface area contributed by atoms with E-state index >= 15 is 0 Å². The Kier molecular flexibility index (Phi) is 3.14. The molecule has 0 aromatic heterocycles. The number of anilines is 1. The largest absolute Gasteiger partial charge is 0.508 e. The van der Waals surface area contributed by atoms with Crippen molar-refractivity contribution in [2.75, 3.05) is 5.32 Å². The van der Waals surface area contributed by atoms with Crippen LogP contribution in [0.5, 0.6) is 5.75 Å². The summed E-state index contributed by atoms with van der Waals surface area (Å²) in [7, 11) is 0. The van der Waals surface area contributed by atoms with Crippen molar-refractivity contribution in [2.24, 2.45) is 5.92 Å². The average molecular weight is 205 g/mol. The van der Waals surface area contributed by atoms with Crippen molar-refractivity contribution in [1.82, 2.24) is 0 Å². The van der Waals surface area contributed by atoms with Crippen LogP contribution in [0, 0.1) is 5.92 Å². The van der Waals surface area contributed by atoms with Crippen molar-refractivity contribution in [3.8, 4) is 5.75 Å². The lowest BCUT2D eigenvalue weighted by Crippen LogP contribution is -2.30. The maximum Gasteiger partial charge on any atom is 0.115 e. The molecule has 2 atom stereocenters. The second kappa shape index (κ2) is 4.56. The van der Waals surface area contributed by atoms with Crippen molar-refractivity contribution >= 4 is 5.69 Å². The Morgan fingerprint density at radius 2 is 1.80 bits per heavy atom. The minimum atomic E-state index is 0.331. The quantitative estimate of drug-likeness (QED) is 0.725. The maximum absolute atomic E-state index is 9.19. The number of nitrogens with one attached hydrogen (secondary N) is 1. The first kappa shape index (κ1) is 10.3. The fourth-order valence-electron chi connectivity index (χ4n) is 2.30. The summed E-state index contributed by atoms with van der Waals surface area (Å²) in [5.41, 5.74) is 1.12. The summed E-state index contributed by atoms with van der Waals surface area (Å²) in [5.74, 6) is 1.09. The molecule has 0 aliphatic heterocycles. The summed E-state index contributed by atoms with van der Waals surface area (Å²) in [6.45, 7) is 2.32. The molecular formula is C13H19NO. The highest BCUT2D eigenvalue weighted by atomic mass is 16.3. The number of hydrogen-bond acceptors (Lipinski definition) is 2. The van der Waals surface area contributed by atoms with E-state index in [-0.39, 0.29) is 0 Å². The van der Waals surface area contributed by atoms with Gasteiger partial charge in [0.25, 0.3) is 0 Å². The molecule has 2 nitrogen and oxygen atoms in total. The van der Waals surface area contributed by atoms with E-state index < -0.39 is 0 Å². The SMILES string of the molecule is CC1CCCCC1Nc1ccc(O)cc1. The summed E-state index contributed by atoms with van der Waals surface area (Å²) in [5, 5.41) is 12.7. The van der Waals surface area contributed by atoms with Crippen LogP contribution in [-0.4, -0.2) is 11.1 Å². The Hall–Kier alpha value is -1.18. The zero-order valence-corrected chi connectivity index (χ0v) is 9.24. The molecule has 0 amide bonds. The topological polar surface area (TPSA) is 32.3 Å². The van der Waals surface area contributed by atoms with Crippen molar-refractivity contribution in [1.29, 1.82) is 0 Å². The standard InChI is InChI=1S/C13H19NO/c1-10-4-2-3-5-13(10)14-11-6-8-12(15)9-7-11/h6-10,13-15H,2-5H2,1H3. The van der Waals surface area contributed by atoms with Crippen LogP contribution in [0.1, 0.15) is 32.6 Å². The van der Waals surface area contributed by atoms with E-state index in [0.29, 0.717) is 11.8 Å². The zero-order chi connectivity index (χ0) is 10.7. The minimum Gasteiger partial charge on any atom is -0.508 e. The van der Waals surface area contributed by atoms with Gasteiger partial charge in [0.2, 0.25) is 0 Å². The van der Waals surface area contributed by atoms with E-state index in [4.69, 9.17) is 0 Å². The summed E-state index contributed by atoms with van der Waals surface area (Å²) in [6.07, 6.45) is 5.30. The van der Waals surface area contributed by atoms with E-state index in [1.807, 2.05) is 12.1 Å². The summed E-state index contributed by atoms with van der Waals surface area (Å²) in [6, 6.07) is 7.95. The van der Waals surface area contributed by atoms with Crippen LogP contribution in [0.15, 0.2) is 24.3 Å². The maximum atomic E-state index is 9.19. The third kappa shape index (κ3) is 2.65. The molecule has 0 radical (unpaired) electrons. The van der Waals surface area contributed by atoms with Crippen LogP contribution < -0.4 is 5.32 Å². The highest BCUT2D eigenvalue weighted by Crippen LogP contribution is 2.27. The lowest BCUT2D eigenvalue weighted by Gasteiger charge is -2.30. The lowest BCUT2D eigenvalue weighted by atomic mass is 9.86. The van der Waals surface area contributed by atoms with Gasteiger partial charge in [-0.1, -0.05) is 19.8 Å². The summed E-state index contributed by atoms with van der Waals surface area (Å²) in [4.78, 5) is 0. The first-order valence-corrected chi connectivity index (χ1v) is 5.81. The molecule has 0 bridgehead atoms. The fraction of sp³-hybridized carbons (Fsp3) is 0.538. The molecule has 2 N–H and O–H groups in total. The van der Waals surface area contributed by atoms with Crippen molar-refractivity contribution < 1.29 is 5.11 Å². The van der Waals surface area contributed by atoms with Gasteiger partial charge in [-0.25, -0.2) is 0 Å². The van der Waals surface area contributed by atoms with E-state index in [2.05, 4.69) is 12.2 Å². The van der Waals surface area contributed by atoms with Crippen molar-refractivity contribution in [3.05, 3.63) is 24.3 Å². The van der Waals surface area contributed by atoms with E-state index in [0.717, 1.165) is 11.6 Å². The number of rotatable bonds is 2. The van der Waals surface area contributed by atoms with Gasteiger partial charge in [-0.3, -0.25) is 0 Å². The van der Waals surface area contributed by atoms with Gasteiger partial charge in [-0.2, -0.15) is 0 Å². The van der Waals surface area contributed by atoms with Crippen LogP contribution in [0.4, 0.5) is 5.69 Å². The first-order chi connectivity index (χ1) is 7.25. The fourth-order valence-corrected chi connectivity index (χ4v) is 2.30. The van der Waals surface area contributed by atoms with Crippen LogP contribution >= 0.6 is 0 Å². The molecule has 82 valence electrons. The van der Waals surface area contributed by atoms with Crippen LogP contribution in [0.25, 0.3) is 0 Å². The van der Waals surface area contributed by atoms with E-state index in [9.17, 15) is 5.11 Å². The number of phenols is 1. The molecule has 1 aromatic carbocycles. The van der Waals surface area contributed by atoms with Crippen LogP contribution in [0.2, 0.25) is 0 Å². The number of aromatic hydroxyl groups is 1. The molecule has 1 aliphatic carbocycles. The third-order valence-electron chi connectivity index (χ3n) is 3.33. The lowest BCUT2D eigenvalue weighted by molar-refractivity contribution is 0.349. The predicted molar refractivity (Wildman–Crippen MR) is 63.1 cm³/mol. The molecule has 1 aliphatic rings. The van der Waals surface area contributed by atoms with Gasteiger partial charge in [0.15, 0.2) is 0 Å². The molecule has 1 saturated carbocycles.